The van der Waals surface area contributed by atoms with Gasteiger partial charge in [0.15, 0.2) is 0 Å². The van der Waals surface area contributed by atoms with Crippen molar-refractivity contribution in [2.45, 2.75) is 4.75 Å². The number of thiazole rings is 1. The average molecular weight is 445 g/mol. The van der Waals surface area contributed by atoms with E-state index in [0.29, 0.717) is 21.8 Å². The molecule has 4 rings (SSSR count). The maximum absolute atomic E-state index is 13.9. The van der Waals surface area contributed by atoms with Crippen LogP contribution in [0.3, 0.4) is 0 Å². The Kier molecular flexibility index (Phi) is 5.80. The fraction of sp³-hybridized carbons (Fsp3) is 0.0455. The number of nitrogens with one attached hydrogen (secondary N) is 1. The Morgan fingerprint density at radius 2 is 1.13 bits per heavy atom. The zero-order valence-corrected chi connectivity index (χ0v) is 17.0. The van der Waals surface area contributed by atoms with Crippen LogP contribution in [0.15, 0.2) is 84.4 Å². The Bertz CT molecular complexity index is 992. The smallest absolute Gasteiger partial charge is 0.225 e. The highest BCUT2D eigenvalue weighted by Gasteiger charge is 2.49. The summed E-state index contributed by atoms with van der Waals surface area (Å²) in [5.41, 5.74) is 1.47. The summed E-state index contributed by atoms with van der Waals surface area (Å²) in [7, 11) is 0. The molecule has 0 saturated carbocycles. The van der Waals surface area contributed by atoms with E-state index in [1.165, 1.54) is 84.1 Å². The maximum atomic E-state index is 13.9. The summed E-state index contributed by atoms with van der Waals surface area (Å²) >= 11 is -0.623. The van der Waals surface area contributed by atoms with Gasteiger partial charge >= 0.3 is 0 Å². The molecule has 0 saturated heterocycles. The molecule has 0 amide bonds. The third-order valence-electron chi connectivity index (χ3n) is 4.64. The highest BCUT2D eigenvalue weighted by Crippen LogP contribution is 2.45. The zero-order chi connectivity index (χ0) is 21.1. The quantitative estimate of drug-likeness (QED) is 0.310. The molecule has 0 bridgehead atoms. The summed E-state index contributed by atoms with van der Waals surface area (Å²) in [5, 5.41) is 2.15. The molecule has 3 aromatic carbocycles. The van der Waals surface area contributed by atoms with Crippen molar-refractivity contribution in [1.82, 2.24) is 4.98 Å². The van der Waals surface area contributed by atoms with Crippen molar-refractivity contribution in [3.8, 4) is 0 Å². The summed E-state index contributed by atoms with van der Waals surface area (Å²) in [6, 6.07) is 16.7. The third-order valence-corrected chi connectivity index (χ3v) is 7.10. The number of anilines is 1. The van der Waals surface area contributed by atoms with Crippen molar-refractivity contribution in [2.24, 2.45) is 0 Å². The highest BCUT2D eigenvalue weighted by atomic mass is 32.2. The Labute approximate surface area is 178 Å². The number of rotatable bonds is 6. The van der Waals surface area contributed by atoms with Gasteiger partial charge in [-0.3, -0.25) is 0 Å². The van der Waals surface area contributed by atoms with Crippen molar-refractivity contribution < 1.29 is 17.7 Å². The van der Waals surface area contributed by atoms with Gasteiger partial charge in [0, 0.05) is 28.3 Å². The predicted molar refractivity (Wildman–Crippen MR) is 113 cm³/mol. The maximum Gasteiger partial charge on any atom is 0.225 e. The second-order valence-corrected chi connectivity index (χ2v) is 8.66. The number of hydrogen-bond donors (Lipinski definition) is 1. The summed E-state index contributed by atoms with van der Waals surface area (Å²) in [6.07, 6.45) is 1.57. The van der Waals surface area contributed by atoms with E-state index in [-0.39, 0.29) is 0 Å². The van der Waals surface area contributed by atoms with E-state index in [2.05, 4.69) is 9.71 Å². The predicted octanol–water partition coefficient (Wildman–Crippen LogP) is 5.63. The molecule has 3 nitrogen and oxygen atoms in total. The molecule has 0 aliphatic heterocycles. The fourth-order valence-electron chi connectivity index (χ4n) is 3.30. The first-order valence-electron chi connectivity index (χ1n) is 8.86. The van der Waals surface area contributed by atoms with E-state index in [4.69, 9.17) is 0 Å². The van der Waals surface area contributed by atoms with Crippen LogP contribution < -0.4 is 4.72 Å². The molecule has 0 aliphatic rings. The van der Waals surface area contributed by atoms with Crippen LogP contribution in [0.4, 0.5) is 18.3 Å². The fourth-order valence-corrected chi connectivity index (χ4v) is 5.51. The third kappa shape index (κ3) is 3.81. The van der Waals surface area contributed by atoms with Crippen molar-refractivity contribution in [3.05, 3.63) is 119 Å². The molecular formula is C22H15F3N2OS2. The van der Waals surface area contributed by atoms with Crippen molar-refractivity contribution in [2.75, 3.05) is 4.72 Å². The SMILES string of the molecule is [O-][S+](Nc1nccs1)C(c1ccc(F)cc1)(c1ccc(F)cc1)c1ccc(F)cc1. The minimum Gasteiger partial charge on any atom is -0.592 e. The number of halogens is 3. The van der Waals surface area contributed by atoms with Gasteiger partial charge in [-0.15, -0.1) is 11.3 Å². The molecule has 1 aromatic heterocycles. The Hall–Kier alpha value is -2.81. The van der Waals surface area contributed by atoms with Crippen molar-refractivity contribution in [3.63, 3.8) is 0 Å². The molecule has 0 spiro atoms. The molecule has 0 aliphatic carbocycles. The Balaban J connectivity index is 1.99. The monoisotopic (exact) mass is 444 g/mol. The van der Waals surface area contributed by atoms with E-state index in [9.17, 15) is 17.7 Å². The summed E-state index contributed by atoms with van der Waals surface area (Å²) < 4.78 is 56.5. The topological polar surface area (TPSA) is 48.0 Å². The van der Waals surface area contributed by atoms with Crippen LogP contribution in [-0.4, -0.2) is 9.54 Å². The first kappa shape index (κ1) is 20.5. The van der Waals surface area contributed by atoms with E-state index in [1.54, 1.807) is 11.6 Å². The van der Waals surface area contributed by atoms with Gasteiger partial charge < -0.3 is 4.55 Å². The second kappa shape index (κ2) is 8.51. The summed E-state index contributed by atoms with van der Waals surface area (Å²) in [4.78, 5) is 4.13. The first-order chi connectivity index (χ1) is 14.5. The van der Waals surface area contributed by atoms with Crippen molar-refractivity contribution in [1.29, 1.82) is 0 Å². The van der Waals surface area contributed by atoms with Crippen LogP contribution >= 0.6 is 11.3 Å². The van der Waals surface area contributed by atoms with Gasteiger partial charge in [0.05, 0.1) is 11.4 Å². The molecule has 1 unspecified atom stereocenters. The van der Waals surface area contributed by atoms with Gasteiger partial charge in [-0.05, 0) is 72.8 Å². The van der Waals surface area contributed by atoms with Gasteiger partial charge in [-0.1, -0.05) is 0 Å². The second-order valence-electron chi connectivity index (χ2n) is 6.41. The van der Waals surface area contributed by atoms with E-state index < -0.39 is 33.6 Å². The van der Waals surface area contributed by atoms with Crippen LogP contribution in [0.1, 0.15) is 16.7 Å². The number of benzene rings is 3. The molecule has 0 fully saturated rings. The molecule has 4 aromatic rings. The van der Waals surface area contributed by atoms with Gasteiger partial charge in [0.25, 0.3) is 0 Å². The van der Waals surface area contributed by atoms with E-state index in [1.807, 2.05) is 0 Å². The number of hydrogen-bond acceptors (Lipinski definition) is 4. The lowest BCUT2D eigenvalue weighted by Gasteiger charge is -2.35. The van der Waals surface area contributed by atoms with Gasteiger partial charge in [0.2, 0.25) is 9.88 Å². The molecule has 1 heterocycles. The van der Waals surface area contributed by atoms with Crippen LogP contribution in [0, 0.1) is 17.5 Å². The number of aromatic nitrogens is 1. The van der Waals surface area contributed by atoms with Crippen LogP contribution in [0.25, 0.3) is 0 Å². The lowest BCUT2D eigenvalue weighted by Crippen LogP contribution is -2.42. The van der Waals surface area contributed by atoms with Gasteiger partial charge in [0.1, 0.15) is 17.5 Å². The number of nitrogens with zero attached hydrogens (tertiary/aromatic N) is 1. The largest absolute Gasteiger partial charge is 0.592 e. The standard InChI is InChI=1S/C22H15F3N2OS2/c23-18-7-1-15(2-8-18)22(16-3-9-19(24)10-4-16,17-5-11-20(25)12-6-17)30(28)27-21-26-13-14-29-21/h1-14H,(H,26,27). The first-order valence-corrected chi connectivity index (χ1v) is 10.9. The lowest BCUT2D eigenvalue weighted by molar-refractivity contribution is 0.574. The van der Waals surface area contributed by atoms with Gasteiger partial charge in [-0.2, -0.15) is 4.72 Å². The van der Waals surface area contributed by atoms with Gasteiger partial charge in [-0.25, -0.2) is 18.2 Å². The molecule has 1 atom stereocenters. The van der Waals surface area contributed by atoms with Crippen LogP contribution in [0.5, 0.6) is 0 Å². The van der Waals surface area contributed by atoms with Crippen molar-refractivity contribution >= 4 is 27.8 Å². The normalized spacial score (nSPS) is 12.5. The summed E-state index contributed by atoms with van der Waals surface area (Å²) in [6.45, 7) is 0. The molecule has 8 heteroatoms. The minimum atomic E-state index is -1.89. The lowest BCUT2D eigenvalue weighted by atomic mass is 9.84. The van der Waals surface area contributed by atoms with Crippen LogP contribution in [0.2, 0.25) is 0 Å². The molecule has 152 valence electrons. The molecule has 30 heavy (non-hydrogen) atoms. The average Bonchev–Trinajstić information content (AvgIpc) is 3.25. The minimum absolute atomic E-state index is 0.420. The molecule has 0 radical (unpaired) electrons. The zero-order valence-electron chi connectivity index (χ0n) is 15.4. The highest BCUT2D eigenvalue weighted by molar-refractivity contribution is 7.94. The molecular weight excluding hydrogens is 429 g/mol. The molecule has 1 N–H and O–H groups in total. The Morgan fingerprint density at radius 3 is 1.47 bits per heavy atom. The Morgan fingerprint density at radius 1 is 0.733 bits per heavy atom. The summed E-state index contributed by atoms with van der Waals surface area (Å²) in [5.74, 6) is -1.36. The van der Waals surface area contributed by atoms with E-state index >= 15 is 0 Å². The van der Waals surface area contributed by atoms with Crippen LogP contribution in [-0.2, 0) is 16.1 Å². The van der Waals surface area contributed by atoms with E-state index in [0.717, 1.165) is 0 Å².